The maximum absolute atomic E-state index is 13.0. The Morgan fingerprint density at radius 3 is 2.86 bits per heavy atom. The van der Waals surface area contributed by atoms with Crippen molar-refractivity contribution < 1.29 is 9.53 Å². The molecule has 3 heterocycles. The maximum Gasteiger partial charge on any atom is 0.223 e. The summed E-state index contributed by atoms with van der Waals surface area (Å²) in [6, 6.07) is 10.6. The summed E-state index contributed by atoms with van der Waals surface area (Å²) < 4.78 is 7.97. The third-order valence-corrected chi connectivity index (χ3v) is 6.18. The van der Waals surface area contributed by atoms with Crippen molar-refractivity contribution in [3.8, 4) is 0 Å². The molecule has 1 fully saturated rings. The van der Waals surface area contributed by atoms with Crippen molar-refractivity contribution in [1.82, 2.24) is 14.7 Å². The lowest BCUT2D eigenvalue weighted by Crippen LogP contribution is -2.39. The van der Waals surface area contributed by atoms with E-state index in [9.17, 15) is 4.79 Å². The highest BCUT2D eigenvalue weighted by Crippen LogP contribution is 2.35. The first-order valence-corrected chi connectivity index (χ1v) is 11.1. The Kier molecular flexibility index (Phi) is 6.34. The number of likely N-dealkylation sites (tertiary alicyclic amines) is 1. The second kappa shape index (κ2) is 9.12. The van der Waals surface area contributed by atoms with Crippen LogP contribution in [-0.4, -0.2) is 33.7 Å². The van der Waals surface area contributed by atoms with Gasteiger partial charge in [0.15, 0.2) is 0 Å². The summed E-state index contributed by atoms with van der Waals surface area (Å²) in [4.78, 5) is 15.1. The fourth-order valence-electron chi connectivity index (χ4n) is 4.56. The molecular formula is C24H33N3O2. The van der Waals surface area contributed by atoms with Crippen LogP contribution in [-0.2, 0) is 29.1 Å². The normalized spacial score (nSPS) is 19.4. The number of ether oxygens (including phenoxy) is 1. The molecule has 2 aliphatic rings. The van der Waals surface area contributed by atoms with Gasteiger partial charge in [-0.25, -0.2) is 0 Å². The van der Waals surface area contributed by atoms with Gasteiger partial charge in [-0.15, -0.1) is 0 Å². The molecule has 0 N–H and O–H groups in total. The standard InChI is InChI=1S/C24H33N3O2/c1-18(2)11-12-23(28)26-14-7-6-10-22(26)24-20-17-29-15-13-21(20)27(25-24)16-19-8-4-3-5-9-19/h3-5,8-9,18,22H,6-7,10-17H2,1-2H3. The van der Waals surface area contributed by atoms with Crippen LogP contribution in [0.4, 0.5) is 0 Å². The van der Waals surface area contributed by atoms with Gasteiger partial charge in [-0.1, -0.05) is 44.2 Å². The molecule has 0 saturated carbocycles. The van der Waals surface area contributed by atoms with E-state index in [0.717, 1.165) is 57.5 Å². The Morgan fingerprint density at radius 1 is 1.24 bits per heavy atom. The van der Waals surface area contributed by atoms with Crippen LogP contribution in [0.3, 0.4) is 0 Å². The molecular weight excluding hydrogens is 362 g/mol. The summed E-state index contributed by atoms with van der Waals surface area (Å²) in [5.74, 6) is 0.833. The van der Waals surface area contributed by atoms with Gasteiger partial charge in [-0.05, 0) is 37.2 Å². The van der Waals surface area contributed by atoms with Crippen molar-refractivity contribution in [3.05, 3.63) is 52.8 Å². The van der Waals surface area contributed by atoms with Gasteiger partial charge in [0, 0.05) is 30.6 Å². The SMILES string of the molecule is CC(C)CCC(=O)N1CCCCC1c1nn(Cc2ccccc2)c2c1COCC2. The Bertz CT molecular complexity index is 828. The van der Waals surface area contributed by atoms with Gasteiger partial charge < -0.3 is 9.64 Å². The molecule has 1 atom stereocenters. The van der Waals surface area contributed by atoms with E-state index in [4.69, 9.17) is 9.84 Å². The Labute approximate surface area is 174 Å². The van der Waals surface area contributed by atoms with Gasteiger partial charge in [0.2, 0.25) is 5.91 Å². The number of hydrogen-bond acceptors (Lipinski definition) is 3. The molecule has 1 amide bonds. The molecule has 0 bridgehead atoms. The highest BCUT2D eigenvalue weighted by molar-refractivity contribution is 5.76. The number of rotatable bonds is 6. The van der Waals surface area contributed by atoms with Crippen LogP contribution in [0, 0.1) is 5.92 Å². The fourth-order valence-corrected chi connectivity index (χ4v) is 4.56. The van der Waals surface area contributed by atoms with Crippen LogP contribution in [0.25, 0.3) is 0 Å². The Balaban J connectivity index is 1.63. The first-order valence-electron chi connectivity index (χ1n) is 11.1. The van der Waals surface area contributed by atoms with Gasteiger partial charge >= 0.3 is 0 Å². The van der Waals surface area contributed by atoms with E-state index < -0.39 is 0 Å². The number of aromatic nitrogens is 2. The Hall–Kier alpha value is -2.14. The summed E-state index contributed by atoms with van der Waals surface area (Å²) in [5.41, 5.74) is 4.84. The number of carbonyl (C=O) groups excluding carboxylic acids is 1. The highest BCUT2D eigenvalue weighted by atomic mass is 16.5. The quantitative estimate of drug-likeness (QED) is 0.724. The molecule has 1 unspecified atom stereocenters. The first-order chi connectivity index (χ1) is 14.1. The van der Waals surface area contributed by atoms with Gasteiger partial charge in [0.05, 0.1) is 31.5 Å². The Morgan fingerprint density at radius 2 is 2.07 bits per heavy atom. The fraction of sp³-hybridized carbons (Fsp3) is 0.583. The molecule has 2 aliphatic heterocycles. The van der Waals surface area contributed by atoms with Crippen molar-refractivity contribution in [2.75, 3.05) is 13.2 Å². The predicted molar refractivity (Wildman–Crippen MR) is 114 cm³/mol. The third kappa shape index (κ3) is 4.55. The van der Waals surface area contributed by atoms with Crippen LogP contribution in [0.5, 0.6) is 0 Å². The zero-order valence-electron chi connectivity index (χ0n) is 17.8. The van der Waals surface area contributed by atoms with E-state index in [1.807, 2.05) is 6.07 Å². The largest absolute Gasteiger partial charge is 0.376 e. The van der Waals surface area contributed by atoms with E-state index in [1.54, 1.807) is 0 Å². The van der Waals surface area contributed by atoms with E-state index >= 15 is 0 Å². The second-order valence-electron chi connectivity index (χ2n) is 8.79. The average molecular weight is 396 g/mol. The van der Waals surface area contributed by atoms with Crippen molar-refractivity contribution in [3.63, 3.8) is 0 Å². The van der Waals surface area contributed by atoms with E-state index in [-0.39, 0.29) is 11.9 Å². The van der Waals surface area contributed by atoms with Gasteiger partial charge in [-0.2, -0.15) is 5.10 Å². The number of benzene rings is 1. The molecule has 5 nitrogen and oxygen atoms in total. The maximum atomic E-state index is 13.0. The summed E-state index contributed by atoms with van der Waals surface area (Å²) in [5, 5.41) is 5.08. The van der Waals surface area contributed by atoms with Crippen molar-refractivity contribution >= 4 is 5.91 Å². The monoisotopic (exact) mass is 395 g/mol. The van der Waals surface area contributed by atoms with Gasteiger partial charge in [0.25, 0.3) is 0 Å². The van der Waals surface area contributed by atoms with Crippen LogP contribution < -0.4 is 0 Å². The van der Waals surface area contributed by atoms with E-state index in [0.29, 0.717) is 18.9 Å². The summed E-state index contributed by atoms with van der Waals surface area (Å²) in [6.45, 7) is 7.35. The second-order valence-corrected chi connectivity index (χ2v) is 8.79. The molecule has 0 spiro atoms. The molecule has 0 aliphatic carbocycles. The predicted octanol–water partition coefficient (Wildman–Crippen LogP) is 4.49. The molecule has 0 radical (unpaired) electrons. The summed E-state index contributed by atoms with van der Waals surface area (Å²) in [7, 11) is 0. The van der Waals surface area contributed by atoms with Crippen molar-refractivity contribution in [2.45, 2.75) is 71.6 Å². The molecule has 4 rings (SSSR count). The molecule has 5 heteroatoms. The molecule has 1 aromatic heterocycles. The summed E-state index contributed by atoms with van der Waals surface area (Å²) in [6.07, 6.45) is 5.72. The van der Waals surface area contributed by atoms with Crippen LogP contribution >= 0.6 is 0 Å². The lowest BCUT2D eigenvalue weighted by Gasteiger charge is -2.36. The topological polar surface area (TPSA) is 47.4 Å². The number of hydrogen-bond donors (Lipinski definition) is 0. The lowest BCUT2D eigenvalue weighted by atomic mass is 9.94. The minimum absolute atomic E-state index is 0.0934. The smallest absolute Gasteiger partial charge is 0.223 e. The molecule has 2 aromatic rings. The average Bonchev–Trinajstić information content (AvgIpc) is 3.11. The van der Waals surface area contributed by atoms with Gasteiger partial charge in [0.1, 0.15) is 0 Å². The first kappa shape index (κ1) is 20.1. The molecule has 29 heavy (non-hydrogen) atoms. The third-order valence-electron chi connectivity index (χ3n) is 6.18. The van der Waals surface area contributed by atoms with Crippen LogP contribution in [0.2, 0.25) is 0 Å². The number of amides is 1. The number of fused-ring (bicyclic) bond motifs is 1. The summed E-state index contributed by atoms with van der Waals surface area (Å²) >= 11 is 0. The zero-order chi connectivity index (χ0) is 20.2. The highest BCUT2D eigenvalue weighted by Gasteiger charge is 2.34. The minimum atomic E-state index is 0.0934. The minimum Gasteiger partial charge on any atom is -0.376 e. The van der Waals surface area contributed by atoms with Gasteiger partial charge in [-0.3, -0.25) is 9.48 Å². The van der Waals surface area contributed by atoms with E-state index in [2.05, 4.69) is 47.7 Å². The zero-order valence-corrected chi connectivity index (χ0v) is 17.8. The lowest BCUT2D eigenvalue weighted by molar-refractivity contribution is -0.135. The number of piperidine rings is 1. The molecule has 156 valence electrons. The number of carbonyl (C=O) groups is 1. The molecule has 1 saturated heterocycles. The van der Waals surface area contributed by atoms with Crippen LogP contribution in [0.1, 0.15) is 74.5 Å². The van der Waals surface area contributed by atoms with Crippen LogP contribution in [0.15, 0.2) is 30.3 Å². The van der Waals surface area contributed by atoms with Crippen molar-refractivity contribution in [1.29, 1.82) is 0 Å². The number of nitrogens with zero attached hydrogens (tertiary/aromatic N) is 3. The molecule has 1 aromatic carbocycles. The van der Waals surface area contributed by atoms with E-state index in [1.165, 1.54) is 16.8 Å². The van der Waals surface area contributed by atoms with Crippen molar-refractivity contribution in [2.24, 2.45) is 5.92 Å².